The molecule has 0 aliphatic carbocycles. The average Bonchev–Trinajstić information content (AvgIpc) is 2.43. The smallest absolute Gasteiger partial charge is 0.339 e. The highest BCUT2D eigenvalue weighted by molar-refractivity contribution is 6.31. The van der Waals surface area contributed by atoms with Crippen LogP contribution in [0.2, 0.25) is 5.02 Å². The molecule has 0 radical (unpaired) electrons. The zero-order valence-corrected chi connectivity index (χ0v) is 12.2. The van der Waals surface area contributed by atoms with E-state index in [4.69, 9.17) is 17.3 Å². The second-order valence-electron chi connectivity index (χ2n) is 4.33. The van der Waals surface area contributed by atoms with Crippen LogP contribution in [0.1, 0.15) is 36.0 Å². The van der Waals surface area contributed by atoms with Gasteiger partial charge >= 0.3 is 5.97 Å². The third-order valence-electron chi connectivity index (χ3n) is 2.77. The van der Waals surface area contributed by atoms with Gasteiger partial charge in [0.05, 0.1) is 18.4 Å². The lowest BCUT2D eigenvalue weighted by Crippen LogP contribution is -2.15. The molecule has 110 valence electrons. The molecule has 0 spiro atoms. The number of unbranched alkanes of at least 4 members (excludes halogenated alkanes) is 2. The van der Waals surface area contributed by atoms with E-state index in [0.717, 1.165) is 19.3 Å². The summed E-state index contributed by atoms with van der Waals surface area (Å²) in [7, 11) is 1.29. The molecule has 1 rings (SSSR count). The monoisotopic (exact) mass is 298 g/mol. The summed E-state index contributed by atoms with van der Waals surface area (Å²) in [4.78, 5) is 23.4. The van der Waals surface area contributed by atoms with E-state index in [9.17, 15) is 9.59 Å². The average molecular weight is 299 g/mol. The van der Waals surface area contributed by atoms with Gasteiger partial charge in [-0.05, 0) is 37.6 Å². The van der Waals surface area contributed by atoms with Crippen molar-refractivity contribution >= 4 is 29.2 Å². The van der Waals surface area contributed by atoms with Gasteiger partial charge in [-0.1, -0.05) is 18.0 Å². The first-order valence-corrected chi connectivity index (χ1v) is 6.84. The minimum absolute atomic E-state index is 0.158. The van der Waals surface area contributed by atoms with Crippen LogP contribution in [-0.2, 0) is 9.53 Å². The van der Waals surface area contributed by atoms with Crippen molar-refractivity contribution in [2.24, 2.45) is 5.73 Å². The number of esters is 1. The Bertz CT molecular complexity index is 477. The van der Waals surface area contributed by atoms with E-state index in [2.05, 4.69) is 10.1 Å². The number of nitrogens with two attached hydrogens (primary N) is 1. The molecule has 0 aliphatic heterocycles. The molecule has 1 amide bonds. The van der Waals surface area contributed by atoms with Gasteiger partial charge < -0.3 is 15.8 Å². The first kappa shape index (κ1) is 16.5. The molecule has 5 nitrogen and oxygen atoms in total. The largest absolute Gasteiger partial charge is 0.465 e. The number of hydrogen-bond acceptors (Lipinski definition) is 4. The first-order chi connectivity index (χ1) is 9.58. The maximum Gasteiger partial charge on any atom is 0.339 e. The number of halogens is 1. The minimum atomic E-state index is -0.514. The fourth-order valence-corrected chi connectivity index (χ4v) is 1.90. The van der Waals surface area contributed by atoms with Crippen molar-refractivity contribution < 1.29 is 14.3 Å². The fraction of sp³-hybridized carbons (Fsp3) is 0.429. The van der Waals surface area contributed by atoms with Gasteiger partial charge in [0.1, 0.15) is 0 Å². The number of carbonyl (C=O) groups excluding carboxylic acids is 2. The van der Waals surface area contributed by atoms with Crippen LogP contribution in [0, 0.1) is 0 Å². The van der Waals surface area contributed by atoms with Gasteiger partial charge in [-0.3, -0.25) is 4.79 Å². The maximum absolute atomic E-state index is 11.8. The Kier molecular flexibility index (Phi) is 7.04. The molecule has 3 N–H and O–H groups in total. The van der Waals surface area contributed by atoms with Crippen LogP contribution in [0.5, 0.6) is 0 Å². The Morgan fingerprint density at radius 3 is 2.70 bits per heavy atom. The molecule has 0 aliphatic rings. The Morgan fingerprint density at radius 1 is 1.30 bits per heavy atom. The topological polar surface area (TPSA) is 81.4 Å². The van der Waals surface area contributed by atoms with Crippen molar-refractivity contribution in [2.45, 2.75) is 25.7 Å². The molecule has 0 saturated heterocycles. The number of nitrogens with one attached hydrogen (secondary N) is 1. The molecular formula is C14H19ClN2O3. The van der Waals surface area contributed by atoms with E-state index >= 15 is 0 Å². The molecule has 0 atom stereocenters. The minimum Gasteiger partial charge on any atom is -0.465 e. The molecule has 0 heterocycles. The number of amides is 1. The SMILES string of the molecule is COC(=O)c1ccc(Cl)cc1NC(=O)CCCCCN. The lowest BCUT2D eigenvalue weighted by molar-refractivity contribution is -0.116. The van der Waals surface area contributed by atoms with Gasteiger partial charge in [0.15, 0.2) is 0 Å². The Labute approximate surface area is 123 Å². The molecule has 0 bridgehead atoms. The molecule has 6 heteroatoms. The van der Waals surface area contributed by atoms with Crippen LogP contribution in [0.15, 0.2) is 18.2 Å². The summed E-state index contributed by atoms with van der Waals surface area (Å²) in [6.07, 6.45) is 2.95. The van der Waals surface area contributed by atoms with Gasteiger partial charge in [-0.2, -0.15) is 0 Å². The van der Waals surface area contributed by atoms with Crippen molar-refractivity contribution in [3.63, 3.8) is 0 Å². The third kappa shape index (κ3) is 5.19. The van der Waals surface area contributed by atoms with E-state index < -0.39 is 5.97 Å². The lowest BCUT2D eigenvalue weighted by atomic mass is 10.1. The van der Waals surface area contributed by atoms with Crippen molar-refractivity contribution in [3.8, 4) is 0 Å². The number of benzene rings is 1. The lowest BCUT2D eigenvalue weighted by Gasteiger charge is -2.10. The van der Waals surface area contributed by atoms with E-state index in [0.29, 0.717) is 23.7 Å². The molecule has 0 aromatic heterocycles. The normalized spacial score (nSPS) is 10.2. The second-order valence-corrected chi connectivity index (χ2v) is 4.77. The van der Waals surface area contributed by atoms with Crippen LogP contribution in [0.3, 0.4) is 0 Å². The number of carbonyl (C=O) groups is 2. The van der Waals surface area contributed by atoms with Crippen molar-refractivity contribution in [3.05, 3.63) is 28.8 Å². The van der Waals surface area contributed by atoms with Crippen LogP contribution in [0.25, 0.3) is 0 Å². The summed E-state index contributed by atoms with van der Waals surface area (Å²) in [5.41, 5.74) is 6.04. The number of rotatable bonds is 7. The Hall–Kier alpha value is -1.59. The number of anilines is 1. The Morgan fingerprint density at radius 2 is 2.05 bits per heavy atom. The number of ether oxygens (including phenoxy) is 1. The van der Waals surface area contributed by atoms with Gasteiger partial charge in [0.2, 0.25) is 5.91 Å². The molecular weight excluding hydrogens is 280 g/mol. The standard InChI is InChI=1S/C14H19ClN2O3/c1-20-14(19)11-7-6-10(15)9-12(11)17-13(18)5-3-2-4-8-16/h6-7,9H,2-5,8,16H2,1H3,(H,17,18). The molecule has 0 unspecified atom stereocenters. The molecule has 0 saturated carbocycles. The van der Waals surface area contributed by atoms with Gasteiger partial charge in [-0.25, -0.2) is 4.79 Å². The predicted molar refractivity (Wildman–Crippen MR) is 78.9 cm³/mol. The van der Waals surface area contributed by atoms with E-state index in [1.165, 1.54) is 19.2 Å². The van der Waals surface area contributed by atoms with Gasteiger partial charge in [0.25, 0.3) is 0 Å². The van der Waals surface area contributed by atoms with Crippen LogP contribution >= 0.6 is 11.6 Å². The van der Waals surface area contributed by atoms with E-state index in [1.807, 2.05) is 0 Å². The van der Waals surface area contributed by atoms with Crippen molar-refractivity contribution in [1.29, 1.82) is 0 Å². The van der Waals surface area contributed by atoms with Crippen LogP contribution < -0.4 is 11.1 Å². The van der Waals surface area contributed by atoms with Gasteiger partial charge in [-0.15, -0.1) is 0 Å². The molecule has 20 heavy (non-hydrogen) atoms. The summed E-state index contributed by atoms with van der Waals surface area (Å²) in [5, 5.41) is 3.13. The third-order valence-corrected chi connectivity index (χ3v) is 3.00. The maximum atomic E-state index is 11.8. The molecule has 1 aromatic rings. The first-order valence-electron chi connectivity index (χ1n) is 6.46. The number of hydrogen-bond donors (Lipinski definition) is 2. The zero-order valence-electron chi connectivity index (χ0n) is 11.4. The highest BCUT2D eigenvalue weighted by atomic mass is 35.5. The van der Waals surface area contributed by atoms with E-state index in [-0.39, 0.29) is 11.5 Å². The van der Waals surface area contributed by atoms with Crippen LogP contribution in [-0.4, -0.2) is 25.5 Å². The van der Waals surface area contributed by atoms with Crippen LogP contribution in [0.4, 0.5) is 5.69 Å². The second kappa shape index (κ2) is 8.55. The molecule has 1 aromatic carbocycles. The summed E-state index contributed by atoms with van der Waals surface area (Å²) in [5.74, 6) is -0.672. The Balaban J connectivity index is 2.68. The summed E-state index contributed by atoms with van der Waals surface area (Å²) in [6.45, 7) is 0.627. The van der Waals surface area contributed by atoms with Crippen molar-refractivity contribution in [1.82, 2.24) is 0 Å². The quantitative estimate of drug-likeness (QED) is 0.599. The highest BCUT2D eigenvalue weighted by Gasteiger charge is 2.14. The molecule has 0 fully saturated rings. The summed E-state index contributed by atoms with van der Waals surface area (Å²) in [6, 6.07) is 4.63. The summed E-state index contributed by atoms with van der Waals surface area (Å²) < 4.78 is 4.66. The fourth-order valence-electron chi connectivity index (χ4n) is 1.73. The predicted octanol–water partition coefficient (Wildman–Crippen LogP) is 2.58. The zero-order chi connectivity index (χ0) is 15.0. The van der Waals surface area contributed by atoms with E-state index in [1.54, 1.807) is 6.07 Å². The number of methoxy groups -OCH3 is 1. The highest BCUT2D eigenvalue weighted by Crippen LogP contribution is 2.22. The van der Waals surface area contributed by atoms with Gasteiger partial charge in [0, 0.05) is 11.4 Å². The summed E-state index contributed by atoms with van der Waals surface area (Å²) >= 11 is 5.88. The van der Waals surface area contributed by atoms with Crippen molar-refractivity contribution in [2.75, 3.05) is 19.0 Å².